The molecule has 0 saturated carbocycles. The molecule has 1 aliphatic heterocycles. The van der Waals surface area contributed by atoms with E-state index in [1.54, 1.807) is 11.0 Å². The second kappa shape index (κ2) is 5.64. The zero-order chi connectivity index (χ0) is 13.9. The molecule has 0 atom stereocenters. The number of aromatic nitrogens is 1. The van der Waals surface area contributed by atoms with Gasteiger partial charge in [0.2, 0.25) is 0 Å². The van der Waals surface area contributed by atoms with Crippen LogP contribution in [-0.2, 0) is 0 Å². The molecule has 1 saturated heterocycles. The molecule has 1 fully saturated rings. The highest BCUT2D eigenvalue weighted by atomic mass is 35.5. The van der Waals surface area contributed by atoms with Crippen LogP contribution < -0.4 is 5.32 Å². The van der Waals surface area contributed by atoms with Gasteiger partial charge >= 0.3 is 0 Å². The maximum Gasteiger partial charge on any atom is 0.276 e. The summed E-state index contributed by atoms with van der Waals surface area (Å²) in [7, 11) is 0. The van der Waals surface area contributed by atoms with Crippen LogP contribution in [0.5, 0.6) is 0 Å². The van der Waals surface area contributed by atoms with E-state index in [9.17, 15) is 4.79 Å². The predicted octanol–water partition coefficient (Wildman–Crippen LogP) is 2.04. The highest BCUT2D eigenvalue weighted by molar-refractivity contribution is 6.33. The van der Waals surface area contributed by atoms with Crippen molar-refractivity contribution in [2.24, 2.45) is 0 Å². The first-order valence-electron chi connectivity index (χ1n) is 6.46. The second-order valence-corrected chi connectivity index (χ2v) is 4.96. The molecule has 1 aromatic carbocycles. The summed E-state index contributed by atoms with van der Waals surface area (Å²) in [5.74, 6) is 0.314. The number of rotatable bonds is 2. The highest BCUT2D eigenvalue weighted by Crippen LogP contribution is 2.30. The number of carbonyl (C=O) groups is 1. The van der Waals surface area contributed by atoms with Crippen LogP contribution >= 0.6 is 11.6 Å². The predicted molar refractivity (Wildman–Crippen MR) is 75.7 cm³/mol. The van der Waals surface area contributed by atoms with Crippen molar-refractivity contribution in [1.82, 2.24) is 15.2 Å². The van der Waals surface area contributed by atoms with Gasteiger partial charge in [0.05, 0.1) is 5.02 Å². The molecular weight excluding hydrogens is 278 g/mol. The standard InChI is InChI=1S/C14H14ClN3O2/c15-11-4-2-1-3-10(11)13-12(17-9-20-13)14(19)18-7-5-16-6-8-18/h1-4,9,16H,5-8H2. The van der Waals surface area contributed by atoms with Crippen LogP contribution in [0.2, 0.25) is 5.02 Å². The Morgan fingerprint density at radius 2 is 2.05 bits per heavy atom. The molecule has 2 heterocycles. The molecule has 0 radical (unpaired) electrons. The number of hydrogen-bond donors (Lipinski definition) is 1. The number of oxazole rings is 1. The Hall–Kier alpha value is -1.85. The van der Waals surface area contributed by atoms with Gasteiger partial charge in [0.15, 0.2) is 17.8 Å². The van der Waals surface area contributed by atoms with Crippen LogP contribution in [0.4, 0.5) is 0 Å². The average Bonchev–Trinajstić information content (AvgIpc) is 2.97. The fraction of sp³-hybridized carbons (Fsp3) is 0.286. The minimum atomic E-state index is -0.116. The van der Waals surface area contributed by atoms with Gasteiger partial charge in [-0.25, -0.2) is 4.98 Å². The van der Waals surface area contributed by atoms with Gasteiger partial charge in [-0.2, -0.15) is 0 Å². The van der Waals surface area contributed by atoms with E-state index in [4.69, 9.17) is 16.0 Å². The van der Waals surface area contributed by atoms with Crippen LogP contribution in [0.1, 0.15) is 10.5 Å². The fourth-order valence-corrected chi connectivity index (χ4v) is 2.47. The summed E-state index contributed by atoms with van der Waals surface area (Å²) in [4.78, 5) is 18.3. The van der Waals surface area contributed by atoms with Crippen molar-refractivity contribution in [1.29, 1.82) is 0 Å². The minimum absolute atomic E-state index is 0.116. The van der Waals surface area contributed by atoms with E-state index in [1.807, 2.05) is 18.2 Å². The van der Waals surface area contributed by atoms with Crippen molar-refractivity contribution < 1.29 is 9.21 Å². The van der Waals surface area contributed by atoms with E-state index < -0.39 is 0 Å². The number of nitrogens with one attached hydrogen (secondary N) is 1. The third kappa shape index (κ3) is 2.42. The molecule has 1 amide bonds. The van der Waals surface area contributed by atoms with Crippen molar-refractivity contribution in [3.05, 3.63) is 41.4 Å². The molecule has 0 aliphatic carbocycles. The van der Waals surface area contributed by atoms with Gasteiger partial charge in [0.1, 0.15) is 0 Å². The van der Waals surface area contributed by atoms with Crippen LogP contribution in [-0.4, -0.2) is 42.0 Å². The van der Waals surface area contributed by atoms with Gasteiger partial charge in [-0.1, -0.05) is 23.7 Å². The van der Waals surface area contributed by atoms with Crippen LogP contribution in [0.25, 0.3) is 11.3 Å². The summed E-state index contributed by atoms with van der Waals surface area (Å²) < 4.78 is 5.38. The summed E-state index contributed by atoms with van der Waals surface area (Å²) in [6, 6.07) is 7.26. The van der Waals surface area contributed by atoms with Gasteiger partial charge in [0, 0.05) is 31.7 Å². The summed E-state index contributed by atoms with van der Waals surface area (Å²) in [5, 5.41) is 3.75. The molecule has 104 valence electrons. The van der Waals surface area contributed by atoms with Gasteiger partial charge in [0.25, 0.3) is 5.91 Å². The lowest BCUT2D eigenvalue weighted by Crippen LogP contribution is -2.46. The second-order valence-electron chi connectivity index (χ2n) is 4.55. The molecule has 0 bridgehead atoms. The third-order valence-electron chi connectivity index (χ3n) is 3.29. The van der Waals surface area contributed by atoms with Crippen LogP contribution in [0.3, 0.4) is 0 Å². The van der Waals surface area contributed by atoms with Crippen molar-refractivity contribution in [2.45, 2.75) is 0 Å². The maximum absolute atomic E-state index is 12.5. The third-order valence-corrected chi connectivity index (χ3v) is 3.62. The van der Waals surface area contributed by atoms with Gasteiger partial charge < -0.3 is 14.6 Å². The molecule has 6 heteroatoms. The average molecular weight is 292 g/mol. The zero-order valence-corrected chi connectivity index (χ0v) is 11.6. The van der Waals surface area contributed by atoms with Crippen LogP contribution in [0.15, 0.2) is 35.1 Å². The number of nitrogens with zero attached hydrogens (tertiary/aromatic N) is 2. The van der Waals surface area contributed by atoms with E-state index in [2.05, 4.69) is 10.3 Å². The quantitative estimate of drug-likeness (QED) is 0.920. The van der Waals surface area contributed by atoms with Crippen molar-refractivity contribution in [2.75, 3.05) is 26.2 Å². The molecule has 1 aromatic heterocycles. The molecule has 2 aromatic rings. The SMILES string of the molecule is O=C(c1ncoc1-c1ccccc1Cl)N1CCNCC1. The lowest BCUT2D eigenvalue weighted by atomic mass is 10.1. The van der Waals surface area contributed by atoms with E-state index in [1.165, 1.54) is 6.39 Å². The van der Waals surface area contributed by atoms with E-state index in [0.29, 0.717) is 35.1 Å². The highest BCUT2D eigenvalue weighted by Gasteiger charge is 2.25. The van der Waals surface area contributed by atoms with E-state index in [-0.39, 0.29) is 5.91 Å². The number of carbonyl (C=O) groups excluding carboxylic acids is 1. The monoisotopic (exact) mass is 291 g/mol. The van der Waals surface area contributed by atoms with Gasteiger partial charge in [-0.15, -0.1) is 0 Å². The molecule has 0 unspecified atom stereocenters. The number of hydrogen-bond acceptors (Lipinski definition) is 4. The Balaban J connectivity index is 1.94. The normalized spacial score (nSPS) is 15.3. The Kier molecular flexibility index (Phi) is 3.71. The largest absolute Gasteiger partial charge is 0.443 e. The Bertz CT molecular complexity index is 620. The van der Waals surface area contributed by atoms with Crippen molar-refractivity contribution in [3.63, 3.8) is 0 Å². The molecule has 0 spiro atoms. The summed E-state index contributed by atoms with van der Waals surface area (Å²) in [6.45, 7) is 2.94. The van der Waals surface area contributed by atoms with Gasteiger partial charge in [-0.3, -0.25) is 4.79 Å². The number of amides is 1. The fourth-order valence-electron chi connectivity index (χ4n) is 2.25. The molecule has 1 N–H and O–H groups in total. The zero-order valence-electron chi connectivity index (χ0n) is 10.8. The van der Waals surface area contributed by atoms with Crippen LogP contribution in [0, 0.1) is 0 Å². The topological polar surface area (TPSA) is 58.4 Å². The number of halogens is 1. The lowest BCUT2D eigenvalue weighted by Gasteiger charge is -2.26. The van der Waals surface area contributed by atoms with E-state index >= 15 is 0 Å². The number of piperazine rings is 1. The Morgan fingerprint density at radius 1 is 1.30 bits per heavy atom. The first-order chi connectivity index (χ1) is 9.77. The van der Waals surface area contributed by atoms with E-state index in [0.717, 1.165) is 13.1 Å². The van der Waals surface area contributed by atoms with Gasteiger partial charge in [-0.05, 0) is 12.1 Å². The Morgan fingerprint density at radius 3 is 2.80 bits per heavy atom. The van der Waals surface area contributed by atoms with Crippen molar-refractivity contribution >= 4 is 17.5 Å². The first kappa shape index (κ1) is 13.1. The smallest absolute Gasteiger partial charge is 0.276 e. The molecule has 3 rings (SSSR count). The maximum atomic E-state index is 12.5. The molecule has 1 aliphatic rings. The molecule has 20 heavy (non-hydrogen) atoms. The molecule has 5 nitrogen and oxygen atoms in total. The molecular formula is C14H14ClN3O2. The summed E-state index contributed by atoms with van der Waals surface area (Å²) in [6.07, 6.45) is 1.29. The summed E-state index contributed by atoms with van der Waals surface area (Å²) >= 11 is 6.16. The first-order valence-corrected chi connectivity index (χ1v) is 6.83. The summed E-state index contributed by atoms with van der Waals surface area (Å²) in [5.41, 5.74) is 1.00. The minimum Gasteiger partial charge on any atom is -0.443 e. The number of benzene rings is 1. The van der Waals surface area contributed by atoms with Crippen molar-refractivity contribution in [3.8, 4) is 11.3 Å². The Labute approximate surface area is 121 Å². The lowest BCUT2D eigenvalue weighted by molar-refractivity contribution is 0.0731.